The van der Waals surface area contributed by atoms with Crippen LogP contribution in [0.15, 0.2) is 42.9 Å². The summed E-state index contributed by atoms with van der Waals surface area (Å²) in [6, 6.07) is 7.45. The number of aromatic nitrogens is 2. The van der Waals surface area contributed by atoms with Gasteiger partial charge in [-0.3, -0.25) is 14.3 Å². The molecule has 4 rings (SSSR count). The van der Waals surface area contributed by atoms with Crippen LogP contribution in [-0.2, 0) is 23.0 Å². The Labute approximate surface area is 151 Å². The number of hydrogen-bond acceptors (Lipinski definition) is 5. The zero-order valence-electron chi connectivity index (χ0n) is 14.2. The third-order valence-electron chi connectivity index (χ3n) is 4.77. The molecule has 2 N–H and O–H groups in total. The molecular formula is C18H18N4O3S. The zero-order valence-corrected chi connectivity index (χ0v) is 15.0. The van der Waals surface area contributed by atoms with Crippen molar-refractivity contribution in [3.05, 3.63) is 59.5 Å². The predicted molar refractivity (Wildman–Crippen MR) is 99.3 cm³/mol. The Balaban J connectivity index is 1.79. The molecule has 0 bridgehead atoms. The average Bonchev–Trinajstić information content (AvgIpc) is 2.96. The summed E-state index contributed by atoms with van der Waals surface area (Å²) in [5.41, 5.74) is 9.40. The number of hydrogen-bond donors (Lipinski definition) is 1. The number of rotatable bonds is 2. The molecule has 3 aromatic rings. The molecule has 1 aliphatic rings. The lowest BCUT2D eigenvalue weighted by atomic mass is 9.98. The van der Waals surface area contributed by atoms with Crippen molar-refractivity contribution in [1.82, 2.24) is 13.9 Å². The highest BCUT2D eigenvalue weighted by Gasteiger charge is 2.27. The van der Waals surface area contributed by atoms with E-state index in [0.29, 0.717) is 24.2 Å². The second-order valence-corrected chi connectivity index (χ2v) is 8.43. The largest absolute Gasteiger partial charge is 0.397 e. The minimum absolute atomic E-state index is 0.213. The van der Waals surface area contributed by atoms with Crippen molar-refractivity contribution in [1.29, 1.82) is 0 Å². The van der Waals surface area contributed by atoms with Gasteiger partial charge in [-0.05, 0) is 23.6 Å². The average molecular weight is 370 g/mol. The van der Waals surface area contributed by atoms with E-state index >= 15 is 0 Å². The van der Waals surface area contributed by atoms with Gasteiger partial charge >= 0.3 is 0 Å². The van der Waals surface area contributed by atoms with Crippen LogP contribution in [0, 0.1) is 0 Å². The summed E-state index contributed by atoms with van der Waals surface area (Å²) in [5.74, 6) is -0.213. The number of pyridine rings is 1. The lowest BCUT2D eigenvalue weighted by Gasteiger charge is -2.27. The fraction of sp³-hybridized carbons (Fsp3) is 0.222. The SMILES string of the molecule is CS(=O)(=O)N1CCc2c(cncc2C(=O)n2cc(N)c3ccccc32)C1. The van der Waals surface area contributed by atoms with Crippen molar-refractivity contribution >= 4 is 32.5 Å². The quantitative estimate of drug-likeness (QED) is 0.739. The van der Waals surface area contributed by atoms with Crippen molar-refractivity contribution in [2.24, 2.45) is 0 Å². The van der Waals surface area contributed by atoms with Crippen molar-refractivity contribution in [3.63, 3.8) is 0 Å². The van der Waals surface area contributed by atoms with Gasteiger partial charge in [0.25, 0.3) is 5.91 Å². The van der Waals surface area contributed by atoms with E-state index in [-0.39, 0.29) is 12.5 Å². The van der Waals surface area contributed by atoms with Gasteiger partial charge in [0.05, 0.1) is 23.0 Å². The third kappa shape index (κ3) is 2.67. The first-order valence-electron chi connectivity index (χ1n) is 8.17. The van der Waals surface area contributed by atoms with E-state index in [1.165, 1.54) is 15.1 Å². The molecular weight excluding hydrogens is 352 g/mol. The van der Waals surface area contributed by atoms with E-state index in [9.17, 15) is 13.2 Å². The van der Waals surface area contributed by atoms with Crippen LogP contribution in [0.2, 0.25) is 0 Å². The number of carbonyl (C=O) groups excluding carboxylic acids is 1. The number of para-hydroxylation sites is 1. The smallest absolute Gasteiger partial charge is 0.264 e. The van der Waals surface area contributed by atoms with Crippen molar-refractivity contribution in [2.75, 3.05) is 18.5 Å². The second-order valence-electron chi connectivity index (χ2n) is 6.45. The zero-order chi connectivity index (χ0) is 18.5. The summed E-state index contributed by atoms with van der Waals surface area (Å²) >= 11 is 0. The van der Waals surface area contributed by atoms with Crippen LogP contribution >= 0.6 is 0 Å². The summed E-state index contributed by atoms with van der Waals surface area (Å²) in [6.45, 7) is 0.585. The highest BCUT2D eigenvalue weighted by Crippen LogP contribution is 2.27. The first-order valence-corrected chi connectivity index (χ1v) is 10.0. The van der Waals surface area contributed by atoms with E-state index in [0.717, 1.165) is 22.0 Å². The summed E-state index contributed by atoms with van der Waals surface area (Å²) in [7, 11) is -3.28. The molecule has 0 fully saturated rings. The number of carbonyl (C=O) groups is 1. The molecule has 2 aromatic heterocycles. The maximum Gasteiger partial charge on any atom is 0.264 e. The molecule has 0 saturated heterocycles. The Kier molecular flexibility index (Phi) is 3.82. The van der Waals surface area contributed by atoms with Crippen molar-refractivity contribution < 1.29 is 13.2 Å². The van der Waals surface area contributed by atoms with E-state index in [1.54, 1.807) is 18.6 Å². The van der Waals surface area contributed by atoms with E-state index in [2.05, 4.69) is 4.98 Å². The van der Waals surface area contributed by atoms with Gasteiger partial charge in [0.15, 0.2) is 0 Å². The molecule has 0 saturated carbocycles. The Morgan fingerprint density at radius 2 is 2.00 bits per heavy atom. The molecule has 0 amide bonds. The van der Waals surface area contributed by atoms with Crippen LogP contribution < -0.4 is 5.73 Å². The molecule has 0 radical (unpaired) electrons. The fourth-order valence-electron chi connectivity index (χ4n) is 3.44. The Morgan fingerprint density at radius 3 is 2.77 bits per heavy atom. The number of nitrogen functional groups attached to an aromatic ring is 1. The second kappa shape index (κ2) is 5.93. The molecule has 1 aromatic carbocycles. The van der Waals surface area contributed by atoms with Gasteiger partial charge in [0.1, 0.15) is 0 Å². The molecule has 1 aliphatic heterocycles. The topological polar surface area (TPSA) is 98.3 Å². The van der Waals surface area contributed by atoms with Gasteiger partial charge in [-0.1, -0.05) is 18.2 Å². The molecule has 0 atom stereocenters. The van der Waals surface area contributed by atoms with Crippen LogP contribution in [-0.4, -0.2) is 41.0 Å². The number of benzene rings is 1. The van der Waals surface area contributed by atoms with Crippen LogP contribution in [0.25, 0.3) is 10.9 Å². The van der Waals surface area contributed by atoms with Crippen molar-refractivity contribution in [3.8, 4) is 0 Å². The lowest BCUT2D eigenvalue weighted by molar-refractivity contribution is 0.0963. The summed E-state index contributed by atoms with van der Waals surface area (Å²) < 4.78 is 26.5. The first-order chi connectivity index (χ1) is 12.4. The monoisotopic (exact) mass is 370 g/mol. The van der Waals surface area contributed by atoms with Crippen molar-refractivity contribution in [2.45, 2.75) is 13.0 Å². The minimum Gasteiger partial charge on any atom is -0.397 e. The Bertz CT molecular complexity index is 1130. The summed E-state index contributed by atoms with van der Waals surface area (Å²) in [5, 5.41) is 0.821. The molecule has 26 heavy (non-hydrogen) atoms. The number of sulfonamides is 1. The lowest BCUT2D eigenvalue weighted by Crippen LogP contribution is -2.36. The molecule has 0 unspecified atom stereocenters. The Morgan fingerprint density at radius 1 is 1.23 bits per heavy atom. The molecule has 134 valence electrons. The van der Waals surface area contributed by atoms with E-state index in [4.69, 9.17) is 5.73 Å². The maximum absolute atomic E-state index is 13.2. The standard InChI is InChI=1S/C18H18N4O3S/c1-26(24,25)21-7-6-13-12(10-21)8-20-9-15(13)18(23)22-11-16(19)14-4-2-3-5-17(14)22/h2-5,8-9,11H,6-7,10,19H2,1H3. The van der Waals surface area contributed by atoms with Crippen LogP contribution in [0.5, 0.6) is 0 Å². The molecule has 0 spiro atoms. The molecule has 8 heteroatoms. The number of anilines is 1. The number of nitrogens with zero attached hydrogens (tertiary/aromatic N) is 3. The highest BCUT2D eigenvalue weighted by molar-refractivity contribution is 7.88. The maximum atomic E-state index is 13.2. The number of nitrogens with two attached hydrogens (primary N) is 1. The van der Waals surface area contributed by atoms with E-state index < -0.39 is 10.0 Å². The molecule has 7 nitrogen and oxygen atoms in total. The molecule has 0 aliphatic carbocycles. The van der Waals surface area contributed by atoms with E-state index in [1.807, 2.05) is 24.3 Å². The Hall–Kier alpha value is -2.71. The van der Waals surface area contributed by atoms with Crippen LogP contribution in [0.1, 0.15) is 21.5 Å². The van der Waals surface area contributed by atoms with Gasteiger partial charge in [0.2, 0.25) is 10.0 Å². The number of fused-ring (bicyclic) bond motifs is 2. The normalized spacial score (nSPS) is 15.1. The van der Waals surface area contributed by atoms with Gasteiger partial charge in [-0.15, -0.1) is 0 Å². The van der Waals surface area contributed by atoms with Gasteiger partial charge in [0, 0.05) is 37.1 Å². The molecule has 3 heterocycles. The van der Waals surface area contributed by atoms with Crippen LogP contribution in [0.4, 0.5) is 5.69 Å². The van der Waals surface area contributed by atoms with Crippen LogP contribution in [0.3, 0.4) is 0 Å². The predicted octanol–water partition coefficient (Wildman–Crippen LogP) is 1.62. The minimum atomic E-state index is -3.28. The van der Waals surface area contributed by atoms with Gasteiger partial charge < -0.3 is 5.73 Å². The van der Waals surface area contributed by atoms with Gasteiger partial charge in [-0.25, -0.2) is 8.42 Å². The first kappa shape index (κ1) is 16.7. The summed E-state index contributed by atoms with van der Waals surface area (Å²) in [4.78, 5) is 17.3. The fourth-order valence-corrected chi connectivity index (χ4v) is 4.24. The highest BCUT2D eigenvalue weighted by atomic mass is 32.2. The van der Waals surface area contributed by atoms with Gasteiger partial charge in [-0.2, -0.15) is 4.31 Å². The summed E-state index contributed by atoms with van der Waals surface area (Å²) in [6.07, 6.45) is 6.46. The third-order valence-corrected chi connectivity index (χ3v) is 6.02.